The standard InChI is InChI=1S/C27H21N3O6.C10H8N2.CH4O/c31-25(32)16-1-7-19(8-2-16)28-22-13-23(29-20-9-3-17(4-10-20)26(33)34)15-24(14-22)30-21-11-5-18(6-12-21)27(35)36;1-5-11-6-2-9(1)10-3-7-12-8-4-10;1-2/h1-15,28-30H,(H,31,32)(H,33,34)(H,35,36);1-8H;2H,1H3. The maximum atomic E-state index is 11.1. The van der Waals surface area contributed by atoms with Crippen molar-refractivity contribution in [1.82, 2.24) is 9.97 Å². The molecule has 0 spiro atoms. The largest absolute Gasteiger partial charge is 0.478 e. The maximum absolute atomic E-state index is 11.1. The van der Waals surface area contributed by atoms with E-state index in [1.165, 1.54) is 47.5 Å². The highest BCUT2D eigenvalue weighted by Gasteiger charge is 2.08. The Morgan fingerprint density at radius 1 is 0.400 bits per heavy atom. The monoisotopic (exact) mass is 671 g/mol. The summed E-state index contributed by atoms with van der Waals surface area (Å²) in [5, 5.41) is 44.1. The molecule has 0 bridgehead atoms. The average molecular weight is 672 g/mol. The van der Waals surface area contributed by atoms with Gasteiger partial charge in [-0.2, -0.15) is 0 Å². The zero-order valence-corrected chi connectivity index (χ0v) is 26.7. The highest BCUT2D eigenvalue weighted by atomic mass is 16.4. The van der Waals surface area contributed by atoms with E-state index < -0.39 is 17.9 Å². The molecule has 50 heavy (non-hydrogen) atoms. The molecule has 0 atom stereocenters. The summed E-state index contributed by atoms with van der Waals surface area (Å²) in [6, 6.07) is 32.4. The summed E-state index contributed by atoms with van der Waals surface area (Å²) in [6.07, 6.45) is 7.15. The lowest BCUT2D eigenvalue weighted by molar-refractivity contribution is 0.0686. The van der Waals surface area contributed by atoms with Gasteiger partial charge in [0.1, 0.15) is 0 Å². The van der Waals surface area contributed by atoms with Gasteiger partial charge in [-0.25, -0.2) is 14.4 Å². The fraction of sp³-hybridized carbons (Fsp3) is 0.0263. The molecular weight excluding hydrogens is 638 g/mol. The number of aromatic nitrogens is 2. The van der Waals surface area contributed by atoms with Gasteiger partial charge in [0.25, 0.3) is 0 Å². The first-order valence-corrected chi connectivity index (χ1v) is 14.9. The number of benzene rings is 4. The number of rotatable bonds is 10. The second kappa shape index (κ2) is 17.8. The Hall–Kier alpha value is -7.05. The molecule has 0 fully saturated rings. The van der Waals surface area contributed by atoms with Crippen LogP contribution in [0.2, 0.25) is 0 Å². The van der Waals surface area contributed by atoms with Crippen LogP contribution in [0.1, 0.15) is 31.1 Å². The van der Waals surface area contributed by atoms with Crippen molar-refractivity contribution < 1.29 is 34.8 Å². The van der Waals surface area contributed by atoms with Crippen LogP contribution in [0.15, 0.2) is 140 Å². The van der Waals surface area contributed by atoms with Crippen molar-refractivity contribution in [2.45, 2.75) is 0 Å². The first kappa shape index (κ1) is 35.8. The highest BCUT2D eigenvalue weighted by molar-refractivity contribution is 5.89. The minimum atomic E-state index is -1.01. The van der Waals surface area contributed by atoms with E-state index in [0.717, 1.165) is 7.11 Å². The summed E-state index contributed by atoms with van der Waals surface area (Å²) in [5.74, 6) is -3.04. The van der Waals surface area contributed by atoms with Crippen LogP contribution in [-0.2, 0) is 0 Å². The fourth-order valence-electron chi connectivity index (χ4n) is 4.52. The summed E-state index contributed by atoms with van der Waals surface area (Å²) >= 11 is 0. The van der Waals surface area contributed by atoms with Gasteiger partial charge >= 0.3 is 17.9 Å². The molecule has 2 aromatic heterocycles. The number of nitrogens with one attached hydrogen (secondary N) is 3. The lowest BCUT2D eigenvalue weighted by Gasteiger charge is -2.15. The van der Waals surface area contributed by atoms with Gasteiger partial charge in [-0.05, 0) is 126 Å². The summed E-state index contributed by atoms with van der Waals surface area (Å²) in [5.41, 5.74) is 6.98. The first-order valence-electron chi connectivity index (χ1n) is 14.9. The van der Waals surface area contributed by atoms with Gasteiger partial charge in [-0.1, -0.05) is 0 Å². The van der Waals surface area contributed by atoms with Crippen LogP contribution in [0.25, 0.3) is 11.1 Å². The Labute approximate surface area is 287 Å². The van der Waals surface area contributed by atoms with Crippen LogP contribution >= 0.6 is 0 Å². The van der Waals surface area contributed by atoms with Crippen molar-refractivity contribution in [3.05, 3.63) is 157 Å². The summed E-state index contributed by atoms with van der Waals surface area (Å²) in [7, 11) is 1.00. The van der Waals surface area contributed by atoms with Gasteiger partial charge in [0.15, 0.2) is 0 Å². The van der Waals surface area contributed by atoms with Crippen LogP contribution in [0.5, 0.6) is 0 Å². The molecule has 12 nitrogen and oxygen atoms in total. The smallest absolute Gasteiger partial charge is 0.335 e. The van der Waals surface area contributed by atoms with Crippen LogP contribution < -0.4 is 16.0 Å². The van der Waals surface area contributed by atoms with Gasteiger partial charge in [0, 0.05) is 66.0 Å². The molecule has 0 amide bonds. The number of anilines is 6. The van der Waals surface area contributed by atoms with E-state index in [1.54, 1.807) is 61.2 Å². The molecule has 4 aromatic carbocycles. The fourth-order valence-corrected chi connectivity index (χ4v) is 4.52. The Morgan fingerprint density at radius 2 is 0.640 bits per heavy atom. The highest BCUT2D eigenvalue weighted by Crippen LogP contribution is 2.30. The van der Waals surface area contributed by atoms with E-state index in [0.29, 0.717) is 34.1 Å². The SMILES string of the molecule is CO.O=C(O)c1ccc(Nc2cc(Nc3ccc(C(=O)O)cc3)cc(Nc3ccc(C(=O)O)cc3)c2)cc1.c1cc(-c2ccncc2)ccn1. The van der Waals surface area contributed by atoms with E-state index in [-0.39, 0.29) is 16.7 Å². The van der Waals surface area contributed by atoms with Gasteiger partial charge in [0.2, 0.25) is 0 Å². The number of aliphatic hydroxyl groups is 1. The molecule has 0 saturated carbocycles. The van der Waals surface area contributed by atoms with Crippen molar-refractivity contribution in [2.75, 3.05) is 23.1 Å². The lowest BCUT2D eigenvalue weighted by Crippen LogP contribution is -2.00. The Bertz CT molecular complexity index is 1780. The number of pyridine rings is 2. The molecule has 6 aromatic rings. The minimum Gasteiger partial charge on any atom is -0.478 e. The molecule has 0 saturated heterocycles. The molecule has 0 unspecified atom stereocenters. The third kappa shape index (κ3) is 10.5. The third-order valence-electron chi connectivity index (χ3n) is 6.89. The normalized spacial score (nSPS) is 9.88. The number of aromatic carboxylic acids is 3. The predicted molar refractivity (Wildman–Crippen MR) is 192 cm³/mol. The number of hydrogen-bond donors (Lipinski definition) is 7. The summed E-state index contributed by atoms with van der Waals surface area (Å²) in [6.45, 7) is 0. The molecule has 7 N–H and O–H groups in total. The lowest BCUT2D eigenvalue weighted by atomic mass is 10.1. The summed E-state index contributed by atoms with van der Waals surface area (Å²) in [4.78, 5) is 41.3. The minimum absolute atomic E-state index is 0.174. The third-order valence-corrected chi connectivity index (χ3v) is 6.89. The van der Waals surface area contributed by atoms with Gasteiger partial charge in [-0.3, -0.25) is 9.97 Å². The molecule has 12 heteroatoms. The maximum Gasteiger partial charge on any atom is 0.335 e. The average Bonchev–Trinajstić information content (AvgIpc) is 3.14. The first-order chi connectivity index (χ1) is 24.2. The number of hydrogen-bond acceptors (Lipinski definition) is 9. The van der Waals surface area contributed by atoms with E-state index in [2.05, 4.69) is 25.9 Å². The number of aliphatic hydroxyl groups excluding tert-OH is 1. The van der Waals surface area contributed by atoms with E-state index >= 15 is 0 Å². The van der Waals surface area contributed by atoms with Crippen molar-refractivity contribution in [2.24, 2.45) is 0 Å². The number of carboxylic acids is 3. The van der Waals surface area contributed by atoms with Gasteiger partial charge in [0.05, 0.1) is 16.7 Å². The Morgan fingerprint density at radius 3 is 0.860 bits per heavy atom. The molecule has 0 radical (unpaired) electrons. The number of carbonyl (C=O) groups is 3. The van der Waals surface area contributed by atoms with Crippen LogP contribution in [0.4, 0.5) is 34.1 Å². The van der Waals surface area contributed by atoms with Gasteiger partial charge in [-0.15, -0.1) is 0 Å². The van der Waals surface area contributed by atoms with E-state index in [1.807, 2.05) is 42.5 Å². The van der Waals surface area contributed by atoms with Crippen LogP contribution in [0, 0.1) is 0 Å². The van der Waals surface area contributed by atoms with Crippen molar-refractivity contribution in [1.29, 1.82) is 0 Å². The zero-order chi connectivity index (χ0) is 35.9. The molecule has 0 aliphatic carbocycles. The topological polar surface area (TPSA) is 194 Å². The zero-order valence-electron chi connectivity index (χ0n) is 26.7. The second-order valence-electron chi connectivity index (χ2n) is 10.3. The number of carboxylic acid groups (broad SMARTS) is 3. The molecule has 0 aliphatic heterocycles. The molecular formula is C38H33N5O7. The molecule has 2 heterocycles. The van der Waals surface area contributed by atoms with Gasteiger partial charge < -0.3 is 36.4 Å². The van der Waals surface area contributed by atoms with Crippen molar-refractivity contribution in [3.8, 4) is 11.1 Å². The van der Waals surface area contributed by atoms with E-state index in [9.17, 15) is 14.4 Å². The Balaban J connectivity index is 0.000000334. The van der Waals surface area contributed by atoms with Crippen LogP contribution in [-0.4, -0.2) is 55.4 Å². The predicted octanol–water partition coefficient (Wildman–Crippen LogP) is 7.76. The summed E-state index contributed by atoms with van der Waals surface area (Å²) < 4.78 is 0. The Kier molecular flexibility index (Phi) is 12.7. The van der Waals surface area contributed by atoms with Crippen LogP contribution in [0.3, 0.4) is 0 Å². The van der Waals surface area contributed by atoms with Crippen molar-refractivity contribution in [3.63, 3.8) is 0 Å². The second-order valence-corrected chi connectivity index (χ2v) is 10.3. The van der Waals surface area contributed by atoms with Crippen molar-refractivity contribution >= 4 is 52.0 Å². The molecule has 6 rings (SSSR count). The quantitative estimate of drug-likeness (QED) is 0.0749. The molecule has 252 valence electrons. The molecule has 0 aliphatic rings. The number of nitrogens with zero attached hydrogens (tertiary/aromatic N) is 2. The van der Waals surface area contributed by atoms with E-state index in [4.69, 9.17) is 20.4 Å².